The number of hydrogen-bond acceptors (Lipinski definition) is 3. The van der Waals surface area contributed by atoms with Gasteiger partial charge in [0.25, 0.3) is 0 Å². The number of rotatable bonds is 8. The second-order valence-electron chi connectivity index (χ2n) is 6.21. The van der Waals surface area contributed by atoms with Crippen LogP contribution < -0.4 is 5.32 Å². The standard InChI is InChI=1S/C20H20Cl4N2O2S/c1-12(20(28)25-2)26(9-13-15(21)5-3-6-16(13)22)19(27)11-29-10-14-17(23)7-4-8-18(14)24/h3-8,12H,9-11H2,1-2H3,(H,25,28)/t12-/m1/s1. The molecule has 0 fully saturated rings. The summed E-state index contributed by atoms with van der Waals surface area (Å²) in [5.74, 6) is 0.121. The first kappa shape index (κ1) is 24.2. The van der Waals surface area contributed by atoms with Crippen molar-refractivity contribution in [2.45, 2.75) is 25.3 Å². The van der Waals surface area contributed by atoms with Crippen LogP contribution in [-0.2, 0) is 21.9 Å². The van der Waals surface area contributed by atoms with Gasteiger partial charge in [0.15, 0.2) is 0 Å². The maximum absolute atomic E-state index is 13.0. The molecule has 0 unspecified atom stereocenters. The summed E-state index contributed by atoms with van der Waals surface area (Å²) in [6.07, 6.45) is 0. The third kappa shape index (κ3) is 6.43. The molecule has 1 atom stereocenters. The molecule has 0 radical (unpaired) electrons. The second-order valence-corrected chi connectivity index (χ2v) is 8.82. The van der Waals surface area contributed by atoms with E-state index < -0.39 is 6.04 Å². The first-order chi connectivity index (χ1) is 13.8. The summed E-state index contributed by atoms with van der Waals surface area (Å²) in [7, 11) is 1.53. The number of thioether (sulfide) groups is 1. The lowest BCUT2D eigenvalue weighted by molar-refractivity contribution is -0.138. The van der Waals surface area contributed by atoms with E-state index in [4.69, 9.17) is 46.4 Å². The largest absolute Gasteiger partial charge is 0.357 e. The molecular formula is C20H20Cl4N2O2S. The van der Waals surface area contributed by atoms with Crippen LogP contribution in [0.1, 0.15) is 18.1 Å². The Hall–Kier alpha value is -1.11. The van der Waals surface area contributed by atoms with Crippen LogP contribution in [0, 0.1) is 0 Å². The van der Waals surface area contributed by atoms with Gasteiger partial charge in [0.2, 0.25) is 11.8 Å². The van der Waals surface area contributed by atoms with E-state index in [0.29, 0.717) is 31.4 Å². The Kier molecular flexibility index (Phi) is 9.44. The quantitative estimate of drug-likeness (QED) is 0.513. The highest BCUT2D eigenvalue weighted by molar-refractivity contribution is 7.99. The van der Waals surface area contributed by atoms with E-state index in [0.717, 1.165) is 5.56 Å². The molecule has 0 aliphatic rings. The average Bonchev–Trinajstić information content (AvgIpc) is 2.68. The van der Waals surface area contributed by atoms with Gasteiger partial charge < -0.3 is 10.2 Å². The number of amides is 2. The van der Waals surface area contributed by atoms with Crippen LogP contribution in [0.5, 0.6) is 0 Å². The highest BCUT2D eigenvalue weighted by Gasteiger charge is 2.26. The Morgan fingerprint density at radius 3 is 1.93 bits per heavy atom. The third-order valence-corrected chi connectivity index (χ3v) is 6.70. The maximum Gasteiger partial charge on any atom is 0.242 e. The van der Waals surface area contributed by atoms with E-state index in [1.165, 1.54) is 23.7 Å². The van der Waals surface area contributed by atoms with Crippen molar-refractivity contribution in [3.8, 4) is 0 Å². The van der Waals surface area contributed by atoms with E-state index in [1.54, 1.807) is 43.3 Å². The van der Waals surface area contributed by atoms with Gasteiger partial charge in [0.05, 0.1) is 5.75 Å². The zero-order valence-electron chi connectivity index (χ0n) is 15.8. The van der Waals surface area contributed by atoms with Crippen molar-refractivity contribution in [1.82, 2.24) is 10.2 Å². The Balaban J connectivity index is 2.15. The Morgan fingerprint density at radius 2 is 1.45 bits per heavy atom. The highest BCUT2D eigenvalue weighted by Crippen LogP contribution is 2.29. The lowest BCUT2D eigenvalue weighted by atomic mass is 10.1. The summed E-state index contributed by atoms with van der Waals surface area (Å²) in [5.41, 5.74) is 1.37. The molecule has 0 aliphatic heterocycles. The van der Waals surface area contributed by atoms with Gasteiger partial charge in [-0.05, 0) is 36.8 Å². The van der Waals surface area contributed by atoms with Crippen molar-refractivity contribution in [2.24, 2.45) is 0 Å². The average molecular weight is 494 g/mol. The SMILES string of the molecule is CNC(=O)[C@@H](C)N(Cc1c(Cl)cccc1Cl)C(=O)CSCc1c(Cl)cccc1Cl. The number of carbonyl (C=O) groups is 2. The topological polar surface area (TPSA) is 49.4 Å². The fourth-order valence-electron chi connectivity index (χ4n) is 2.64. The van der Waals surface area contributed by atoms with Crippen molar-refractivity contribution in [2.75, 3.05) is 12.8 Å². The molecule has 9 heteroatoms. The first-order valence-corrected chi connectivity index (χ1v) is 11.4. The Labute approximate surface area is 194 Å². The van der Waals surface area contributed by atoms with Crippen LogP contribution in [0.3, 0.4) is 0 Å². The minimum atomic E-state index is -0.690. The Bertz CT molecular complexity index is 854. The van der Waals surface area contributed by atoms with Crippen molar-refractivity contribution < 1.29 is 9.59 Å². The molecule has 2 aromatic rings. The number of nitrogens with zero attached hydrogens (tertiary/aromatic N) is 1. The molecule has 1 N–H and O–H groups in total. The van der Waals surface area contributed by atoms with Crippen LogP contribution in [0.4, 0.5) is 0 Å². The monoisotopic (exact) mass is 492 g/mol. The number of carbonyl (C=O) groups excluding carboxylic acids is 2. The summed E-state index contributed by atoms with van der Waals surface area (Å²) in [4.78, 5) is 26.6. The molecule has 0 aliphatic carbocycles. The van der Waals surface area contributed by atoms with Gasteiger partial charge in [-0.1, -0.05) is 58.5 Å². The van der Waals surface area contributed by atoms with E-state index in [1.807, 2.05) is 0 Å². The van der Waals surface area contributed by atoms with Crippen molar-refractivity contribution in [1.29, 1.82) is 0 Å². The lowest BCUT2D eigenvalue weighted by Crippen LogP contribution is -2.47. The van der Waals surface area contributed by atoms with Crippen molar-refractivity contribution >= 4 is 70.0 Å². The summed E-state index contributed by atoms with van der Waals surface area (Å²) in [6.45, 7) is 1.79. The molecular weight excluding hydrogens is 474 g/mol. The van der Waals surface area contributed by atoms with E-state index in [-0.39, 0.29) is 24.1 Å². The first-order valence-electron chi connectivity index (χ1n) is 8.70. The molecule has 0 aromatic heterocycles. The molecule has 156 valence electrons. The van der Waals surface area contributed by atoms with E-state index in [9.17, 15) is 9.59 Å². The van der Waals surface area contributed by atoms with Gasteiger partial charge in [0, 0.05) is 45.0 Å². The smallest absolute Gasteiger partial charge is 0.242 e. The number of likely N-dealkylation sites (N-methyl/N-ethyl adjacent to an activating group) is 1. The van der Waals surface area contributed by atoms with Gasteiger partial charge in [-0.15, -0.1) is 11.8 Å². The fraction of sp³-hybridized carbons (Fsp3) is 0.300. The minimum absolute atomic E-state index is 0.124. The molecule has 2 amide bonds. The van der Waals surface area contributed by atoms with E-state index >= 15 is 0 Å². The number of hydrogen-bond donors (Lipinski definition) is 1. The highest BCUT2D eigenvalue weighted by atomic mass is 35.5. The predicted octanol–water partition coefficient (Wildman–Crippen LogP) is 5.70. The molecule has 4 nitrogen and oxygen atoms in total. The third-order valence-electron chi connectivity index (χ3n) is 4.34. The van der Waals surface area contributed by atoms with Crippen LogP contribution in [-0.4, -0.2) is 35.6 Å². The van der Waals surface area contributed by atoms with Gasteiger partial charge in [-0.2, -0.15) is 0 Å². The molecule has 2 rings (SSSR count). The molecule has 2 aromatic carbocycles. The van der Waals surface area contributed by atoms with Crippen LogP contribution >= 0.6 is 58.2 Å². The van der Waals surface area contributed by atoms with Gasteiger partial charge in [-0.3, -0.25) is 9.59 Å². The van der Waals surface area contributed by atoms with Gasteiger partial charge in [0.1, 0.15) is 6.04 Å². The summed E-state index contributed by atoms with van der Waals surface area (Å²) < 4.78 is 0. The molecule has 0 bridgehead atoms. The number of halogens is 4. The molecule has 0 spiro atoms. The second kappa shape index (κ2) is 11.3. The van der Waals surface area contributed by atoms with Gasteiger partial charge >= 0.3 is 0 Å². The van der Waals surface area contributed by atoms with Crippen LogP contribution in [0.15, 0.2) is 36.4 Å². The molecule has 0 saturated heterocycles. The van der Waals surface area contributed by atoms with Crippen molar-refractivity contribution in [3.05, 3.63) is 67.6 Å². The zero-order chi connectivity index (χ0) is 21.6. The summed E-state index contributed by atoms with van der Waals surface area (Å²) >= 11 is 26.3. The lowest BCUT2D eigenvalue weighted by Gasteiger charge is -2.29. The number of benzene rings is 2. The fourth-order valence-corrected chi connectivity index (χ4v) is 4.80. The maximum atomic E-state index is 13.0. The predicted molar refractivity (Wildman–Crippen MR) is 123 cm³/mol. The van der Waals surface area contributed by atoms with Crippen LogP contribution in [0.2, 0.25) is 20.1 Å². The van der Waals surface area contributed by atoms with Crippen LogP contribution in [0.25, 0.3) is 0 Å². The molecule has 0 heterocycles. The number of nitrogens with one attached hydrogen (secondary N) is 1. The normalized spacial score (nSPS) is 11.8. The molecule has 0 saturated carbocycles. The minimum Gasteiger partial charge on any atom is -0.357 e. The van der Waals surface area contributed by atoms with E-state index in [2.05, 4.69) is 5.32 Å². The zero-order valence-corrected chi connectivity index (χ0v) is 19.7. The summed E-state index contributed by atoms with van der Waals surface area (Å²) in [5, 5.41) is 4.55. The summed E-state index contributed by atoms with van der Waals surface area (Å²) in [6, 6.07) is 9.71. The molecule has 29 heavy (non-hydrogen) atoms. The van der Waals surface area contributed by atoms with Crippen molar-refractivity contribution in [3.63, 3.8) is 0 Å². The Morgan fingerprint density at radius 1 is 0.966 bits per heavy atom. The van der Waals surface area contributed by atoms with Gasteiger partial charge in [-0.25, -0.2) is 0 Å².